The number of rotatable bonds is 5. The molecule has 3 heterocycles. The Morgan fingerprint density at radius 1 is 1.27 bits per heavy atom. The SMILES string of the molecule is Cc1c(C#N)ccnc1O[C@@H]1CC[C@@H](C)NC1C(=O)c1cccc(-c2nccs2)c1. The molecule has 0 saturated carbocycles. The van der Waals surface area contributed by atoms with E-state index in [0.717, 1.165) is 23.4 Å². The molecule has 1 aliphatic rings. The van der Waals surface area contributed by atoms with Crippen LogP contribution in [0.2, 0.25) is 0 Å². The quantitative estimate of drug-likeness (QED) is 0.626. The number of carbonyl (C=O) groups excluding carboxylic acids is 1. The van der Waals surface area contributed by atoms with Crippen molar-refractivity contribution in [3.63, 3.8) is 0 Å². The molecular weight excluding hydrogens is 396 g/mol. The molecule has 1 aliphatic heterocycles. The molecule has 0 amide bonds. The smallest absolute Gasteiger partial charge is 0.217 e. The Labute approximate surface area is 179 Å². The number of pyridine rings is 1. The Hall–Kier alpha value is -3.08. The fraction of sp³-hybridized carbons (Fsp3) is 0.304. The Morgan fingerprint density at radius 3 is 2.90 bits per heavy atom. The molecular formula is C23H22N4O2S. The Bertz CT molecular complexity index is 1090. The number of nitrogens with zero attached hydrogens (tertiary/aromatic N) is 3. The van der Waals surface area contributed by atoms with E-state index in [-0.39, 0.29) is 17.9 Å². The van der Waals surface area contributed by atoms with E-state index in [9.17, 15) is 10.1 Å². The highest BCUT2D eigenvalue weighted by Gasteiger charge is 2.36. The van der Waals surface area contributed by atoms with Gasteiger partial charge in [-0.2, -0.15) is 5.26 Å². The second-order valence-corrected chi connectivity index (χ2v) is 8.36. The predicted molar refractivity (Wildman–Crippen MR) is 116 cm³/mol. The van der Waals surface area contributed by atoms with Crippen molar-refractivity contribution >= 4 is 17.1 Å². The van der Waals surface area contributed by atoms with Gasteiger partial charge < -0.3 is 10.1 Å². The molecule has 2 aromatic heterocycles. The zero-order chi connectivity index (χ0) is 21.1. The van der Waals surface area contributed by atoms with Gasteiger partial charge in [-0.1, -0.05) is 18.2 Å². The number of ketones is 1. The van der Waals surface area contributed by atoms with E-state index in [4.69, 9.17) is 4.74 Å². The van der Waals surface area contributed by atoms with Crippen molar-refractivity contribution in [2.24, 2.45) is 0 Å². The summed E-state index contributed by atoms with van der Waals surface area (Å²) in [4.78, 5) is 22.1. The van der Waals surface area contributed by atoms with E-state index in [1.807, 2.05) is 36.6 Å². The van der Waals surface area contributed by atoms with Crippen molar-refractivity contribution in [1.82, 2.24) is 15.3 Å². The molecule has 1 aromatic carbocycles. The van der Waals surface area contributed by atoms with Gasteiger partial charge in [-0.25, -0.2) is 9.97 Å². The van der Waals surface area contributed by atoms with Crippen LogP contribution in [-0.4, -0.2) is 33.9 Å². The van der Waals surface area contributed by atoms with Crippen LogP contribution in [-0.2, 0) is 0 Å². The van der Waals surface area contributed by atoms with Crippen LogP contribution >= 0.6 is 11.3 Å². The van der Waals surface area contributed by atoms with Crippen LogP contribution < -0.4 is 10.1 Å². The molecule has 1 saturated heterocycles. The second kappa shape index (κ2) is 8.74. The minimum absolute atomic E-state index is 0.0148. The molecule has 1 N–H and O–H groups in total. The number of hydrogen-bond acceptors (Lipinski definition) is 7. The van der Waals surface area contributed by atoms with Crippen molar-refractivity contribution in [2.75, 3.05) is 0 Å². The average Bonchev–Trinajstić information content (AvgIpc) is 3.31. The maximum atomic E-state index is 13.4. The van der Waals surface area contributed by atoms with Crippen LogP contribution in [0, 0.1) is 18.3 Å². The number of nitrogens with one attached hydrogen (secondary N) is 1. The highest BCUT2D eigenvalue weighted by atomic mass is 32.1. The molecule has 3 aromatic rings. The summed E-state index contributed by atoms with van der Waals surface area (Å²) in [6.07, 6.45) is 4.58. The molecule has 0 aliphatic carbocycles. The molecule has 1 fully saturated rings. The summed E-state index contributed by atoms with van der Waals surface area (Å²) >= 11 is 1.54. The van der Waals surface area contributed by atoms with E-state index < -0.39 is 6.04 Å². The number of ether oxygens (including phenoxy) is 1. The standard InChI is InChI=1S/C23H22N4O2S/c1-14-6-7-19(29-22-15(2)18(13-24)8-9-25-22)20(27-14)21(28)16-4-3-5-17(12-16)23-26-10-11-30-23/h3-5,8-12,14,19-20,27H,6-7H2,1-2H3/t14-,19-,20?/m1/s1. The third-order valence-electron chi connectivity index (χ3n) is 5.37. The summed E-state index contributed by atoms with van der Waals surface area (Å²) in [5, 5.41) is 15.5. The number of piperidine rings is 1. The fourth-order valence-corrected chi connectivity index (χ4v) is 4.34. The number of aromatic nitrogens is 2. The van der Waals surface area contributed by atoms with Gasteiger partial charge in [0.15, 0.2) is 5.78 Å². The van der Waals surface area contributed by atoms with Crippen molar-refractivity contribution in [3.05, 3.63) is 64.8 Å². The largest absolute Gasteiger partial charge is 0.472 e. The van der Waals surface area contributed by atoms with Gasteiger partial charge >= 0.3 is 0 Å². The van der Waals surface area contributed by atoms with E-state index in [0.29, 0.717) is 22.6 Å². The van der Waals surface area contributed by atoms with E-state index in [2.05, 4.69) is 28.3 Å². The first kappa shape index (κ1) is 20.2. The van der Waals surface area contributed by atoms with E-state index in [1.165, 1.54) is 0 Å². The lowest BCUT2D eigenvalue weighted by atomic mass is 9.90. The summed E-state index contributed by atoms with van der Waals surface area (Å²) in [5.41, 5.74) is 2.77. The minimum atomic E-state index is -0.493. The number of benzene rings is 1. The number of hydrogen-bond donors (Lipinski definition) is 1. The van der Waals surface area contributed by atoms with Gasteiger partial charge in [0.2, 0.25) is 5.88 Å². The first-order chi connectivity index (χ1) is 14.6. The predicted octanol–water partition coefficient (Wildman–Crippen LogP) is 4.16. The third kappa shape index (κ3) is 4.11. The molecule has 4 rings (SSSR count). The number of thiazole rings is 1. The molecule has 0 spiro atoms. The summed E-state index contributed by atoms with van der Waals surface area (Å²) in [6, 6.07) is 11.1. The van der Waals surface area contributed by atoms with Crippen LogP contribution in [0.1, 0.15) is 41.3 Å². The molecule has 1 unspecified atom stereocenters. The van der Waals surface area contributed by atoms with Crippen LogP contribution in [0.3, 0.4) is 0 Å². The first-order valence-corrected chi connectivity index (χ1v) is 10.8. The lowest BCUT2D eigenvalue weighted by Crippen LogP contribution is -2.55. The van der Waals surface area contributed by atoms with Gasteiger partial charge in [-0.3, -0.25) is 4.79 Å². The van der Waals surface area contributed by atoms with Crippen LogP contribution in [0.4, 0.5) is 0 Å². The molecule has 152 valence electrons. The Kier molecular flexibility index (Phi) is 5.88. The zero-order valence-electron chi connectivity index (χ0n) is 16.8. The highest BCUT2D eigenvalue weighted by Crippen LogP contribution is 2.27. The monoisotopic (exact) mass is 418 g/mol. The van der Waals surface area contributed by atoms with Crippen molar-refractivity contribution in [2.45, 2.75) is 44.9 Å². The van der Waals surface area contributed by atoms with Crippen molar-refractivity contribution < 1.29 is 9.53 Å². The maximum Gasteiger partial charge on any atom is 0.217 e. The van der Waals surface area contributed by atoms with E-state index >= 15 is 0 Å². The molecule has 3 atom stereocenters. The van der Waals surface area contributed by atoms with Gasteiger partial charge in [0.1, 0.15) is 17.2 Å². The van der Waals surface area contributed by atoms with Crippen LogP contribution in [0.15, 0.2) is 48.1 Å². The average molecular weight is 419 g/mol. The zero-order valence-corrected chi connectivity index (χ0v) is 17.6. The summed E-state index contributed by atoms with van der Waals surface area (Å²) in [7, 11) is 0. The lowest BCUT2D eigenvalue weighted by molar-refractivity contribution is 0.0672. The third-order valence-corrected chi connectivity index (χ3v) is 6.19. The number of Topliss-reactive ketones (excluding diaryl/α,β-unsaturated/α-hetero) is 1. The Balaban J connectivity index is 1.61. The molecule has 0 radical (unpaired) electrons. The number of carbonyl (C=O) groups is 1. The minimum Gasteiger partial charge on any atom is -0.472 e. The van der Waals surface area contributed by atoms with Gasteiger partial charge in [-0.05, 0) is 38.8 Å². The van der Waals surface area contributed by atoms with Gasteiger partial charge in [0, 0.05) is 40.5 Å². The first-order valence-electron chi connectivity index (χ1n) is 9.89. The van der Waals surface area contributed by atoms with Crippen molar-refractivity contribution in [1.29, 1.82) is 5.26 Å². The fourth-order valence-electron chi connectivity index (χ4n) is 3.70. The van der Waals surface area contributed by atoms with Crippen LogP contribution in [0.25, 0.3) is 10.6 Å². The van der Waals surface area contributed by atoms with Gasteiger partial charge in [0.05, 0.1) is 11.6 Å². The summed E-state index contributed by atoms with van der Waals surface area (Å²) in [6.45, 7) is 3.89. The van der Waals surface area contributed by atoms with Gasteiger partial charge in [0.25, 0.3) is 0 Å². The topological polar surface area (TPSA) is 87.9 Å². The summed E-state index contributed by atoms with van der Waals surface area (Å²) in [5.74, 6) is 0.392. The molecule has 6 nitrogen and oxygen atoms in total. The van der Waals surface area contributed by atoms with Gasteiger partial charge in [-0.15, -0.1) is 11.3 Å². The molecule has 30 heavy (non-hydrogen) atoms. The Morgan fingerprint density at radius 2 is 2.13 bits per heavy atom. The molecule has 7 heteroatoms. The molecule has 0 bridgehead atoms. The number of nitriles is 1. The summed E-state index contributed by atoms with van der Waals surface area (Å²) < 4.78 is 6.18. The van der Waals surface area contributed by atoms with E-state index in [1.54, 1.807) is 29.8 Å². The maximum absolute atomic E-state index is 13.4. The second-order valence-electron chi connectivity index (χ2n) is 7.46. The highest BCUT2D eigenvalue weighted by molar-refractivity contribution is 7.13. The lowest BCUT2D eigenvalue weighted by Gasteiger charge is -2.35. The van der Waals surface area contributed by atoms with Crippen LogP contribution in [0.5, 0.6) is 5.88 Å². The van der Waals surface area contributed by atoms with Crippen molar-refractivity contribution in [3.8, 4) is 22.5 Å². The normalized spacial score (nSPS) is 21.0.